The molecule has 2 aromatic carbocycles. The number of rotatable bonds is 6. The zero-order valence-electron chi connectivity index (χ0n) is 23.3. The molecule has 0 radical (unpaired) electrons. The Morgan fingerprint density at radius 1 is 1.20 bits per heavy atom. The van der Waals surface area contributed by atoms with Gasteiger partial charge in [-0.1, -0.05) is 0 Å². The largest absolute Gasteiger partial charge is 0.461 e. The Morgan fingerprint density at radius 2 is 2.00 bits per heavy atom. The summed E-state index contributed by atoms with van der Waals surface area (Å²) in [5.74, 6) is -0.947. The first-order chi connectivity index (χ1) is 19.7. The second-order valence-corrected chi connectivity index (χ2v) is 11.0. The predicted molar refractivity (Wildman–Crippen MR) is 154 cm³/mol. The van der Waals surface area contributed by atoms with Crippen molar-refractivity contribution in [2.45, 2.75) is 51.2 Å². The summed E-state index contributed by atoms with van der Waals surface area (Å²) in [5.41, 5.74) is 2.21. The Morgan fingerprint density at radius 3 is 2.78 bits per heavy atom. The van der Waals surface area contributed by atoms with Crippen LogP contribution in [0.3, 0.4) is 0 Å². The van der Waals surface area contributed by atoms with Crippen molar-refractivity contribution in [3.63, 3.8) is 0 Å². The minimum atomic E-state index is -0.520. The van der Waals surface area contributed by atoms with E-state index in [2.05, 4.69) is 49.8 Å². The molecule has 0 aliphatic carbocycles. The van der Waals surface area contributed by atoms with Crippen LogP contribution in [0, 0.1) is 5.82 Å². The van der Waals surface area contributed by atoms with E-state index in [1.165, 1.54) is 10.7 Å². The highest BCUT2D eigenvalue weighted by atomic mass is 19.1. The molecule has 0 spiro atoms. The lowest BCUT2D eigenvalue weighted by Crippen LogP contribution is -2.54. The van der Waals surface area contributed by atoms with Crippen molar-refractivity contribution in [3.05, 3.63) is 48.0 Å². The van der Waals surface area contributed by atoms with Crippen molar-refractivity contribution in [1.29, 1.82) is 0 Å². The van der Waals surface area contributed by atoms with E-state index in [9.17, 15) is 14.0 Å². The van der Waals surface area contributed by atoms with Crippen LogP contribution in [0.15, 0.2) is 36.7 Å². The van der Waals surface area contributed by atoms with E-state index in [0.29, 0.717) is 34.0 Å². The first-order valence-electron chi connectivity index (χ1n) is 13.9. The van der Waals surface area contributed by atoms with Crippen LogP contribution in [-0.4, -0.2) is 69.4 Å². The second kappa shape index (κ2) is 10.9. The third-order valence-electron chi connectivity index (χ3n) is 7.52. The molecule has 214 valence electrons. The maximum absolute atomic E-state index is 14.7. The number of carbonyl (C=O) groups is 2. The lowest BCUT2D eigenvalue weighted by Gasteiger charge is -2.38. The van der Waals surface area contributed by atoms with Crippen molar-refractivity contribution in [2.24, 2.45) is 7.05 Å². The van der Waals surface area contributed by atoms with Gasteiger partial charge in [-0.2, -0.15) is 10.1 Å². The van der Waals surface area contributed by atoms with Gasteiger partial charge in [0.25, 0.3) is 5.91 Å². The Hall–Kier alpha value is -4.32. The Bertz CT molecular complexity index is 1630. The highest BCUT2D eigenvalue weighted by Gasteiger charge is 2.25. The standard InChI is InChI=1S/C29H33FN8O3/c1-16-12-38(13-17(2)32-16)24-8-7-21(28(40)34-20-9-18-14-37(3)36-26(18)23(30)10-20)27-22(24)11-31-29(35-27)41-15-19-5-4-6-25(39)33-19/h7-11,14,16-17,19,32H,4-6,12-13,15H2,1-3H3,(H,33,39)(H,34,40)/t16-,17+,19?. The van der Waals surface area contributed by atoms with Crippen LogP contribution >= 0.6 is 0 Å². The average Bonchev–Trinajstić information content (AvgIpc) is 3.31. The molecule has 12 heteroatoms. The fourth-order valence-corrected chi connectivity index (χ4v) is 5.81. The van der Waals surface area contributed by atoms with Crippen LogP contribution in [-0.2, 0) is 11.8 Å². The predicted octanol–water partition coefficient (Wildman–Crippen LogP) is 3.14. The van der Waals surface area contributed by atoms with Crippen LogP contribution in [0.4, 0.5) is 15.8 Å². The molecule has 2 aromatic heterocycles. The molecule has 3 N–H and O–H groups in total. The molecule has 3 atom stereocenters. The fourth-order valence-electron chi connectivity index (χ4n) is 5.81. The highest BCUT2D eigenvalue weighted by molar-refractivity contribution is 6.14. The lowest BCUT2D eigenvalue weighted by molar-refractivity contribution is -0.123. The van der Waals surface area contributed by atoms with Gasteiger partial charge >= 0.3 is 6.01 Å². The summed E-state index contributed by atoms with van der Waals surface area (Å²) in [6.07, 6.45) is 5.51. The number of aryl methyl sites for hydroxylation is 1. The Labute approximate surface area is 236 Å². The second-order valence-electron chi connectivity index (χ2n) is 11.0. The lowest BCUT2D eigenvalue weighted by atomic mass is 10.0. The zero-order chi connectivity index (χ0) is 28.7. The van der Waals surface area contributed by atoms with E-state index in [1.807, 2.05) is 6.07 Å². The topological polar surface area (TPSA) is 126 Å². The molecule has 6 rings (SSSR count). The summed E-state index contributed by atoms with van der Waals surface area (Å²) in [6.45, 7) is 6.08. The smallest absolute Gasteiger partial charge is 0.317 e. The number of piperazine rings is 1. The number of hydrogen-bond acceptors (Lipinski definition) is 8. The van der Waals surface area contributed by atoms with Gasteiger partial charge in [0.2, 0.25) is 5.91 Å². The minimum Gasteiger partial charge on any atom is -0.461 e. The molecule has 0 bridgehead atoms. The molecule has 4 heterocycles. The SMILES string of the molecule is C[C@@H]1CN(c2ccc(C(=O)Nc3cc(F)c4nn(C)cc4c3)c3nc(OCC4CCCC(=O)N4)ncc23)C[C@H](C)N1. The molecule has 1 unspecified atom stereocenters. The van der Waals surface area contributed by atoms with Crippen LogP contribution in [0.25, 0.3) is 21.8 Å². The summed E-state index contributed by atoms with van der Waals surface area (Å²) >= 11 is 0. The summed E-state index contributed by atoms with van der Waals surface area (Å²) < 4.78 is 22.1. The number of nitrogens with one attached hydrogen (secondary N) is 3. The van der Waals surface area contributed by atoms with E-state index >= 15 is 0 Å². The van der Waals surface area contributed by atoms with E-state index in [4.69, 9.17) is 4.74 Å². The van der Waals surface area contributed by atoms with Gasteiger partial charge in [0, 0.05) is 73.2 Å². The molecule has 0 saturated carbocycles. The fraction of sp³-hybridized carbons (Fsp3) is 0.414. The number of anilines is 2. The molecular formula is C29H33FN8O3. The maximum atomic E-state index is 14.7. The average molecular weight is 561 g/mol. The van der Waals surface area contributed by atoms with Crippen LogP contribution in [0.2, 0.25) is 0 Å². The number of fused-ring (bicyclic) bond motifs is 2. The van der Waals surface area contributed by atoms with Crippen molar-refractivity contribution in [2.75, 3.05) is 29.9 Å². The van der Waals surface area contributed by atoms with Gasteiger partial charge in [0.15, 0.2) is 5.82 Å². The summed E-state index contributed by atoms with van der Waals surface area (Å²) in [5, 5.41) is 14.7. The number of carbonyl (C=O) groups excluding carboxylic acids is 2. The monoisotopic (exact) mass is 560 g/mol. The summed E-state index contributed by atoms with van der Waals surface area (Å²) in [6, 6.07) is 7.15. The van der Waals surface area contributed by atoms with Gasteiger partial charge in [0.1, 0.15) is 12.1 Å². The molecule has 4 aromatic rings. The zero-order valence-corrected chi connectivity index (χ0v) is 23.3. The first kappa shape index (κ1) is 26.9. The number of hydrogen-bond donors (Lipinski definition) is 3. The van der Waals surface area contributed by atoms with E-state index < -0.39 is 11.7 Å². The van der Waals surface area contributed by atoms with Gasteiger partial charge in [-0.15, -0.1) is 0 Å². The molecule has 2 aliphatic rings. The van der Waals surface area contributed by atoms with Gasteiger partial charge in [-0.25, -0.2) is 9.37 Å². The summed E-state index contributed by atoms with van der Waals surface area (Å²) in [4.78, 5) is 36.8. The number of ether oxygens (including phenoxy) is 1. The van der Waals surface area contributed by atoms with Gasteiger partial charge in [-0.3, -0.25) is 14.3 Å². The minimum absolute atomic E-state index is 0.00765. The third kappa shape index (κ3) is 5.64. The molecule has 2 saturated heterocycles. The van der Waals surface area contributed by atoms with Gasteiger partial charge < -0.3 is 25.6 Å². The van der Waals surface area contributed by atoms with E-state index in [-0.39, 0.29) is 42.2 Å². The van der Waals surface area contributed by atoms with Crippen LogP contribution in [0.5, 0.6) is 6.01 Å². The Balaban J connectivity index is 1.34. The van der Waals surface area contributed by atoms with Crippen LogP contribution in [0.1, 0.15) is 43.5 Å². The molecular weight excluding hydrogens is 527 g/mol. The summed E-state index contributed by atoms with van der Waals surface area (Å²) in [7, 11) is 1.72. The van der Waals surface area contributed by atoms with Crippen LogP contribution < -0.4 is 25.6 Å². The van der Waals surface area contributed by atoms with Crippen molar-refractivity contribution in [1.82, 2.24) is 30.4 Å². The number of aromatic nitrogens is 4. The van der Waals surface area contributed by atoms with E-state index in [1.54, 1.807) is 31.6 Å². The molecule has 11 nitrogen and oxygen atoms in total. The highest BCUT2D eigenvalue weighted by Crippen LogP contribution is 2.31. The number of halogens is 1. The van der Waals surface area contributed by atoms with Gasteiger partial charge in [-0.05, 0) is 51.0 Å². The normalized spacial score (nSPS) is 21.2. The number of amides is 2. The first-order valence-corrected chi connectivity index (χ1v) is 13.9. The molecule has 2 aliphatic heterocycles. The van der Waals surface area contributed by atoms with E-state index in [0.717, 1.165) is 31.6 Å². The molecule has 2 amide bonds. The number of benzene rings is 2. The van der Waals surface area contributed by atoms with Gasteiger partial charge in [0.05, 0.1) is 17.1 Å². The Kier molecular flexibility index (Phi) is 7.16. The molecule has 2 fully saturated rings. The van der Waals surface area contributed by atoms with Crippen molar-refractivity contribution >= 4 is 45.0 Å². The van der Waals surface area contributed by atoms with Crippen molar-refractivity contribution < 1.29 is 18.7 Å². The maximum Gasteiger partial charge on any atom is 0.317 e. The third-order valence-corrected chi connectivity index (χ3v) is 7.52. The van der Waals surface area contributed by atoms with Crippen molar-refractivity contribution in [3.8, 4) is 6.01 Å². The number of nitrogens with zero attached hydrogens (tertiary/aromatic N) is 5. The number of piperidine rings is 1. The quantitative estimate of drug-likeness (QED) is 0.328. The molecule has 41 heavy (non-hydrogen) atoms.